The fourth-order valence-corrected chi connectivity index (χ4v) is 3.78. The predicted molar refractivity (Wildman–Crippen MR) is 109 cm³/mol. The van der Waals surface area contributed by atoms with Gasteiger partial charge in [0.15, 0.2) is 0 Å². The molecule has 1 aromatic heterocycles. The van der Waals surface area contributed by atoms with Crippen molar-refractivity contribution in [3.05, 3.63) is 59.9 Å². The van der Waals surface area contributed by atoms with Crippen molar-refractivity contribution in [2.45, 2.75) is 38.6 Å². The van der Waals surface area contributed by atoms with Crippen LogP contribution in [0.2, 0.25) is 0 Å². The Balaban J connectivity index is 1.36. The number of aromatic nitrogens is 2. The molecule has 0 aliphatic carbocycles. The third-order valence-electron chi connectivity index (χ3n) is 5.34. The van der Waals surface area contributed by atoms with Crippen LogP contribution in [0.1, 0.15) is 43.4 Å². The third kappa shape index (κ3) is 4.13. The van der Waals surface area contributed by atoms with Crippen LogP contribution in [0, 0.1) is 0 Å². The number of aromatic amines is 1. The van der Waals surface area contributed by atoms with Gasteiger partial charge in [0.25, 0.3) is 0 Å². The van der Waals surface area contributed by atoms with Crippen LogP contribution in [0.4, 0.5) is 5.69 Å². The smallest absolute Gasteiger partial charge is 0.224 e. The van der Waals surface area contributed by atoms with Crippen molar-refractivity contribution in [2.75, 3.05) is 18.0 Å². The fourth-order valence-electron chi connectivity index (χ4n) is 3.78. The molecule has 140 valence electrons. The first-order valence-corrected chi connectivity index (χ1v) is 9.75. The second-order valence-electron chi connectivity index (χ2n) is 7.36. The Morgan fingerprint density at radius 1 is 1.15 bits per heavy atom. The Morgan fingerprint density at radius 3 is 2.70 bits per heavy atom. The van der Waals surface area contributed by atoms with Crippen LogP contribution in [0.25, 0.3) is 11.0 Å². The third-order valence-corrected chi connectivity index (χ3v) is 5.34. The fraction of sp³-hybridized carbons (Fsp3) is 0.364. The van der Waals surface area contributed by atoms with Gasteiger partial charge < -0.3 is 15.2 Å². The number of nitrogens with one attached hydrogen (secondary N) is 2. The number of anilines is 1. The second-order valence-corrected chi connectivity index (χ2v) is 7.36. The van der Waals surface area contributed by atoms with E-state index in [1.54, 1.807) is 6.33 Å². The molecule has 2 heterocycles. The summed E-state index contributed by atoms with van der Waals surface area (Å²) in [5.74, 6) is 0.0291. The zero-order valence-corrected chi connectivity index (χ0v) is 15.7. The van der Waals surface area contributed by atoms with Gasteiger partial charge in [0, 0.05) is 18.8 Å². The Hall–Kier alpha value is -2.82. The van der Waals surface area contributed by atoms with Crippen LogP contribution in [-0.2, 0) is 11.2 Å². The van der Waals surface area contributed by atoms with Crippen molar-refractivity contribution in [1.82, 2.24) is 15.3 Å². The van der Waals surface area contributed by atoms with Crippen molar-refractivity contribution < 1.29 is 4.79 Å². The summed E-state index contributed by atoms with van der Waals surface area (Å²) < 4.78 is 0. The maximum absolute atomic E-state index is 12.4. The average Bonchev–Trinajstić information content (AvgIpc) is 3.16. The molecule has 5 heteroatoms. The highest BCUT2D eigenvalue weighted by atomic mass is 16.1. The Bertz CT molecular complexity index is 909. The first-order chi connectivity index (χ1) is 13.2. The topological polar surface area (TPSA) is 61.0 Å². The van der Waals surface area contributed by atoms with Gasteiger partial charge in [-0.2, -0.15) is 0 Å². The summed E-state index contributed by atoms with van der Waals surface area (Å²) in [4.78, 5) is 22.2. The number of H-pyrrole nitrogens is 1. The highest BCUT2D eigenvalue weighted by Gasteiger charge is 2.13. The summed E-state index contributed by atoms with van der Waals surface area (Å²) in [5.41, 5.74) is 5.28. The highest BCUT2D eigenvalue weighted by molar-refractivity contribution is 5.81. The van der Waals surface area contributed by atoms with Crippen molar-refractivity contribution in [1.29, 1.82) is 0 Å². The van der Waals surface area contributed by atoms with Crippen LogP contribution in [0.5, 0.6) is 0 Å². The maximum atomic E-state index is 12.4. The molecule has 1 atom stereocenters. The number of amides is 1. The Morgan fingerprint density at radius 2 is 1.93 bits per heavy atom. The van der Waals surface area contributed by atoms with E-state index < -0.39 is 0 Å². The molecule has 1 amide bonds. The standard InChI is InChI=1S/C22H26N4O/c1-16(18-6-8-19(9-7-18)26-11-3-2-4-12-26)25-22(27)14-17-5-10-20-21(13-17)24-15-23-20/h5-10,13,15-16H,2-4,11-12,14H2,1H3,(H,23,24)(H,25,27). The van der Waals surface area contributed by atoms with Gasteiger partial charge in [-0.25, -0.2) is 4.98 Å². The van der Waals surface area contributed by atoms with E-state index >= 15 is 0 Å². The molecular weight excluding hydrogens is 336 g/mol. The van der Waals surface area contributed by atoms with Crippen molar-refractivity contribution in [3.8, 4) is 0 Å². The van der Waals surface area contributed by atoms with Gasteiger partial charge in [-0.3, -0.25) is 4.79 Å². The average molecular weight is 362 g/mol. The van der Waals surface area contributed by atoms with Gasteiger partial charge in [0.1, 0.15) is 0 Å². The highest BCUT2D eigenvalue weighted by Crippen LogP contribution is 2.22. The molecule has 1 aliphatic heterocycles. The van der Waals surface area contributed by atoms with Crippen LogP contribution >= 0.6 is 0 Å². The largest absolute Gasteiger partial charge is 0.372 e. The molecule has 0 radical (unpaired) electrons. The van der Waals surface area contributed by atoms with E-state index in [1.807, 2.05) is 25.1 Å². The van der Waals surface area contributed by atoms with E-state index in [4.69, 9.17) is 0 Å². The molecule has 0 spiro atoms. The minimum absolute atomic E-state index is 0.0104. The van der Waals surface area contributed by atoms with Gasteiger partial charge in [-0.15, -0.1) is 0 Å². The predicted octanol–water partition coefficient (Wildman–Crippen LogP) is 3.97. The molecule has 27 heavy (non-hydrogen) atoms. The molecule has 2 N–H and O–H groups in total. The van der Waals surface area contributed by atoms with Crippen molar-refractivity contribution in [3.63, 3.8) is 0 Å². The van der Waals surface area contributed by atoms with Gasteiger partial charge in [-0.05, 0) is 61.6 Å². The van der Waals surface area contributed by atoms with Crippen LogP contribution in [0.3, 0.4) is 0 Å². The SMILES string of the molecule is CC(NC(=O)Cc1ccc2nc[nH]c2c1)c1ccc(N2CCCCC2)cc1. The first kappa shape index (κ1) is 17.6. The number of carbonyl (C=O) groups is 1. The molecule has 0 bridgehead atoms. The number of carbonyl (C=O) groups excluding carboxylic acids is 1. The van der Waals surface area contributed by atoms with Crippen LogP contribution in [-0.4, -0.2) is 29.0 Å². The summed E-state index contributed by atoms with van der Waals surface area (Å²) >= 11 is 0. The van der Waals surface area contributed by atoms with Crippen LogP contribution in [0.15, 0.2) is 48.8 Å². The van der Waals surface area contributed by atoms with Gasteiger partial charge in [0.2, 0.25) is 5.91 Å². The maximum Gasteiger partial charge on any atom is 0.224 e. The van der Waals surface area contributed by atoms with E-state index in [0.717, 1.165) is 35.2 Å². The molecule has 5 nitrogen and oxygen atoms in total. The molecule has 3 aromatic rings. The molecular formula is C22H26N4O. The molecule has 1 aliphatic rings. The van der Waals surface area contributed by atoms with Crippen LogP contribution < -0.4 is 10.2 Å². The van der Waals surface area contributed by atoms with Crippen molar-refractivity contribution in [2.24, 2.45) is 0 Å². The summed E-state index contributed by atoms with van der Waals surface area (Å²) in [6, 6.07) is 14.5. The lowest BCUT2D eigenvalue weighted by atomic mass is 10.1. The minimum Gasteiger partial charge on any atom is -0.372 e. The number of rotatable bonds is 5. The zero-order valence-electron chi connectivity index (χ0n) is 15.7. The lowest BCUT2D eigenvalue weighted by Gasteiger charge is -2.29. The number of hydrogen-bond acceptors (Lipinski definition) is 3. The summed E-state index contributed by atoms with van der Waals surface area (Å²) in [6.07, 6.45) is 5.93. The van der Waals surface area contributed by atoms with Crippen molar-refractivity contribution >= 4 is 22.6 Å². The summed E-state index contributed by atoms with van der Waals surface area (Å²) in [5, 5.41) is 3.11. The number of hydrogen-bond donors (Lipinski definition) is 2. The lowest BCUT2D eigenvalue weighted by Crippen LogP contribution is -2.30. The normalized spacial score (nSPS) is 15.7. The number of nitrogens with zero attached hydrogens (tertiary/aromatic N) is 2. The summed E-state index contributed by atoms with van der Waals surface area (Å²) in [6.45, 7) is 4.32. The molecule has 1 unspecified atom stereocenters. The van der Waals surface area contributed by atoms with Gasteiger partial charge >= 0.3 is 0 Å². The Kier molecular flexibility index (Phi) is 5.10. The van der Waals surface area contributed by atoms with E-state index in [0.29, 0.717) is 6.42 Å². The van der Waals surface area contributed by atoms with Gasteiger partial charge in [0.05, 0.1) is 29.8 Å². The molecule has 2 aromatic carbocycles. The van der Waals surface area contributed by atoms with E-state index in [-0.39, 0.29) is 11.9 Å². The summed E-state index contributed by atoms with van der Waals surface area (Å²) in [7, 11) is 0. The number of imidazole rings is 1. The molecule has 1 fully saturated rings. The Labute approximate surface area is 159 Å². The minimum atomic E-state index is -0.0104. The monoisotopic (exact) mass is 362 g/mol. The number of benzene rings is 2. The zero-order chi connectivity index (χ0) is 18.6. The molecule has 1 saturated heterocycles. The number of fused-ring (bicyclic) bond motifs is 1. The number of piperidine rings is 1. The second kappa shape index (κ2) is 7.82. The van der Waals surface area contributed by atoms with Gasteiger partial charge in [-0.1, -0.05) is 18.2 Å². The lowest BCUT2D eigenvalue weighted by molar-refractivity contribution is -0.121. The quantitative estimate of drug-likeness (QED) is 0.722. The van der Waals surface area contributed by atoms with E-state index in [1.165, 1.54) is 24.9 Å². The van der Waals surface area contributed by atoms with E-state index in [9.17, 15) is 4.79 Å². The molecule has 4 rings (SSSR count). The first-order valence-electron chi connectivity index (χ1n) is 9.75. The molecule has 0 saturated carbocycles. The van der Waals surface area contributed by atoms with E-state index in [2.05, 4.69) is 44.5 Å².